The van der Waals surface area contributed by atoms with Gasteiger partial charge in [-0.1, -0.05) is 18.2 Å². The van der Waals surface area contributed by atoms with Crippen molar-refractivity contribution in [1.29, 1.82) is 0 Å². The highest BCUT2D eigenvalue weighted by Gasteiger charge is 2.30. The summed E-state index contributed by atoms with van der Waals surface area (Å²) in [5.74, 6) is -0.102. The molecule has 1 aliphatic rings. The first-order valence-corrected chi connectivity index (χ1v) is 9.19. The molecular formula is C20H16F3N5O3. The number of carbonyl (C=O) groups is 2. The molecule has 8 nitrogen and oxygen atoms in total. The van der Waals surface area contributed by atoms with Gasteiger partial charge >= 0.3 is 6.18 Å². The second kappa shape index (κ2) is 8.09. The lowest BCUT2D eigenvalue weighted by molar-refractivity contribution is -0.137. The van der Waals surface area contributed by atoms with Crippen LogP contribution in [0.25, 0.3) is 0 Å². The average molecular weight is 431 g/mol. The van der Waals surface area contributed by atoms with Crippen molar-refractivity contribution in [3.63, 3.8) is 0 Å². The van der Waals surface area contributed by atoms with E-state index < -0.39 is 24.3 Å². The van der Waals surface area contributed by atoms with Gasteiger partial charge in [-0.15, -0.1) is 0 Å². The number of nitrogens with one attached hydrogen (secondary N) is 2. The largest absolute Gasteiger partial charge is 0.484 e. The molecule has 31 heavy (non-hydrogen) atoms. The number of hydrogen-bond donors (Lipinski definition) is 2. The van der Waals surface area contributed by atoms with Crippen LogP contribution < -0.4 is 15.4 Å². The van der Waals surface area contributed by atoms with Gasteiger partial charge in [0.1, 0.15) is 12.1 Å². The number of benzene rings is 2. The molecule has 2 N–H and O–H groups in total. The molecule has 0 bridgehead atoms. The van der Waals surface area contributed by atoms with Crippen LogP contribution in [0, 0.1) is 0 Å². The molecule has 160 valence electrons. The number of alkyl halides is 3. The quantitative estimate of drug-likeness (QED) is 0.646. The van der Waals surface area contributed by atoms with Crippen LogP contribution in [0.1, 0.15) is 23.6 Å². The van der Waals surface area contributed by atoms with Crippen LogP contribution in [-0.2, 0) is 15.8 Å². The van der Waals surface area contributed by atoms with Crippen molar-refractivity contribution in [2.75, 3.05) is 17.2 Å². The fourth-order valence-electron chi connectivity index (χ4n) is 3.20. The van der Waals surface area contributed by atoms with E-state index in [4.69, 9.17) is 4.74 Å². The van der Waals surface area contributed by atoms with Gasteiger partial charge in [0.25, 0.3) is 5.91 Å². The SMILES string of the molecule is O=C(COc1cccc([C@H]2CC(=O)Nc3ncnn32)c1)Nc1cccc(C(F)(F)F)c1. The second-order valence-electron chi connectivity index (χ2n) is 6.78. The Bertz CT molecular complexity index is 1130. The number of fused-ring (bicyclic) bond motifs is 1. The molecule has 11 heteroatoms. The number of ether oxygens (including phenoxy) is 1. The summed E-state index contributed by atoms with van der Waals surface area (Å²) in [6, 6.07) is 10.8. The van der Waals surface area contributed by atoms with Crippen molar-refractivity contribution < 1.29 is 27.5 Å². The number of aromatic nitrogens is 3. The summed E-state index contributed by atoms with van der Waals surface area (Å²) >= 11 is 0. The molecule has 0 aliphatic carbocycles. The highest BCUT2D eigenvalue weighted by Crippen LogP contribution is 2.31. The maximum absolute atomic E-state index is 12.8. The Hall–Kier alpha value is -3.89. The average Bonchev–Trinajstić information content (AvgIpc) is 3.20. The fourth-order valence-corrected chi connectivity index (χ4v) is 3.20. The maximum atomic E-state index is 12.8. The summed E-state index contributed by atoms with van der Waals surface area (Å²) in [4.78, 5) is 28.0. The van der Waals surface area contributed by atoms with Crippen molar-refractivity contribution in [2.24, 2.45) is 0 Å². The Morgan fingerprint density at radius 3 is 2.84 bits per heavy atom. The summed E-state index contributed by atoms with van der Waals surface area (Å²) in [5.41, 5.74) is -0.107. The van der Waals surface area contributed by atoms with Gasteiger partial charge in [0.05, 0.1) is 18.0 Å². The summed E-state index contributed by atoms with van der Waals surface area (Å²) in [5, 5.41) is 9.14. The fraction of sp³-hybridized carbons (Fsp3) is 0.200. The zero-order valence-corrected chi connectivity index (χ0v) is 15.9. The Morgan fingerprint density at radius 2 is 2.03 bits per heavy atom. The van der Waals surface area contributed by atoms with Gasteiger partial charge in [-0.3, -0.25) is 14.9 Å². The van der Waals surface area contributed by atoms with Crippen LogP contribution in [-0.4, -0.2) is 33.2 Å². The van der Waals surface area contributed by atoms with Gasteiger partial charge < -0.3 is 10.1 Å². The third-order valence-electron chi connectivity index (χ3n) is 4.58. The van der Waals surface area contributed by atoms with E-state index in [9.17, 15) is 22.8 Å². The highest BCUT2D eigenvalue weighted by molar-refractivity contribution is 5.92. The third kappa shape index (κ3) is 4.65. The predicted octanol–water partition coefficient (Wildman–Crippen LogP) is 3.25. The Labute approximate surface area is 174 Å². The third-order valence-corrected chi connectivity index (χ3v) is 4.58. The number of anilines is 2. The first-order chi connectivity index (χ1) is 14.8. The van der Waals surface area contributed by atoms with E-state index in [0.29, 0.717) is 11.7 Å². The van der Waals surface area contributed by atoms with Crippen molar-refractivity contribution in [3.8, 4) is 5.75 Å². The molecule has 0 radical (unpaired) electrons. The van der Waals surface area contributed by atoms with Crippen LogP contribution >= 0.6 is 0 Å². The standard InChI is InChI=1S/C20H16F3N5O3/c21-20(22,23)13-4-2-5-14(8-13)26-18(30)10-31-15-6-1-3-12(7-15)16-9-17(29)27-19-24-11-25-28(16)19/h1-8,11,16H,9-10H2,(H,26,30)(H,24,25,27,29)/t16-/m1/s1. The van der Waals surface area contributed by atoms with E-state index in [1.807, 2.05) is 0 Å². The van der Waals surface area contributed by atoms with Crippen molar-refractivity contribution in [3.05, 3.63) is 66.0 Å². The summed E-state index contributed by atoms with van der Waals surface area (Å²) in [6.45, 7) is -0.403. The minimum atomic E-state index is -4.50. The lowest BCUT2D eigenvalue weighted by Crippen LogP contribution is -2.29. The molecule has 0 saturated carbocycles. The van der Waals surface area contributed by atoms with Crippen molar-refractivity contribution in [1.82, 2.24) is 14.8 Å². The Morgan fingerprint density at radius 1 is 1.23 bits per heavy atom. The second-order valence-corrected chi connectivity index (χ2v) is 6.78. The summed E-state index contributed by atoms with van der Waals surface area (Å²) in [6.07, 6.45) is -3.00. The van der Waals surface area contributed by atoms with E-state index in [-0.39, 0.29) is 24.1 Å². The Kier molecular flexibility index (Phi) is 5.32. The van der Waals surface area contributed by atoms with Crippen molar-refractivity contribution in [2.45, 2.75) is 18.6 Å². The number of nitrogens with zero attached hydrogens (tertiary/aromatic N) is 3. The van der Waals surface area contributed by atoms with Crippen molar-refractivity contribution >= 4 is 23.5 Å². The maximum Gasteiger partial charge on any atom is 0.416 e. The van der Waals surface area contributed by atoms with Gasteiger partial charge in [0.2, 0.25) is 11.9 Å². The molecule has 3 aromatic rings. The topological polar surface area (TPSA) is 98.1 Å². The van der Waals surface area contributed by atoms with E-state index >= 15 is 0 Å². The van der Waals surface area contributed by atoms with Crippen LogP contribution in [0.15, 0.2) is 54.9 Å². The normalized spacial score (nSPS) is 15.7. The van der Waals surface area contributed by atoms with Gasteiger partial charge in [-0.2, -0.15) is 23.3 Å². The zero-order chi connectivity index (χ0) is 22.0. The number of halogens is 3. The molecule has 0 saturated heterocycles. The lowest BCUT2D eigenvalue weighted by atomic mass is 10.0. The van der Waals surface area contributed by atoms with Gasteiger partial charge in [0, 0.05) is 5.69 Å². The molecule has 2 amide bonds. The predicted molar refractivity (Wildman–Crippen MR) is 103 cm³/mol. The van der Waals surface area contributed by atoms with Gasteiger partial charge in [-0.05, 0) is 35.9 Å². The zero-order valence-electron chi connectivity index (χ0n) is 15.9. The van der Waals surface area contributed by atoms with Gasteiger partial charge in [-0.25, -0.2) is 4.68 Å². The lowest BCUT2D eigenvalue weighted by Gasteiger charge is -2.24. The molecule has 1 aliphatic heterocycles. The minimum Gasteiger partial charge on any atom is -0.484 e. The smallest absolute Gasteiger partial charge is 0.416 e. The van der Waals surface area contributed by atoms with Crippen LogP contribution in [0.2, 0.25) is 0 Å². The Balaban J connectivity index is 1.41. The minimum absolute atomic E-state index is 0.0177. The molecular weight excluding hydrogens is 415 g/mol. The summed E-state index contributed by atoms with van der Waals surface area (Å²) < 4.78 is 45.4. The van der Waals surface area contributed by atoms with Crippen LogP contribution in [0.5, 0.6) is 5.75 Å². The summed E-state index contributed by atoms with van der Waals surface area (Å²) in [7, 11) is 0. The first-order valence-electron chi connectivity index (χ1n) is 9.19. The molecule has 0 spiro atoms. The molecule has 4 rings (SSSR count). The molecule has 0 unspecified atom stereocenters. The monoisotopic (exact) mass is 431 g/mol. The van der Waals surface area contributed by atoms with E-state index in [1.165, 1.54) is 18.5 Å². The van der Waals surface area contributed by atoms with Crippen LogP contribution in [0.3, 0.4) is 0 Å². The van der Waals surface area contributed by atoms with Crippen LogP contribution in [0.4, 0.5) is 24.8 Å². The molecule has 2 aromatic carbocycles. The number of rotatable bonds is 5. The first kappa shape index (κ1) is 20.4. The van der Waals surface area contributed by atoms with E-state index in [1.54, 1.807) is 28.9 Å². The molecule has 1 atom stereocenters. The number of hydrogen-bond acceptors (Lipinski definition) is 5. The molecule has 2 heterocycles. The molecule has 0 fully saturated rings. The molecule has 1 aromatic heterocycles. The number of carbonyl (C=O) groups excluding carboxylic acids is 2. The highest BCUT2D eigenvalue weighted by atomic mass is 19.4. The number of amides is 2. The van der Waals surface area contributed by atoms with E-state index in [0.717, 1.165) is 17.7 Å². The van der Waals surface area contributed by atoms with E-state index in [2.05, 4.69) is 20.7 Å². The van der Waals surface area contributed by atoms with Gasteiger partial charge in [0.15, 0.2) is 6.61 Å².